The van der Waals surface area contributed by atoms with Gasteiger partial charge in [-0.05, 0) is 52.5 Å². The maximum Gasteiger partial charge on any atom is 0.309 e. The van der Waals surface area contributed by atoms with Gasteiger partial charge in [0.1, 0.15) is 11.4 Å². The van der Waals surface area contributed by atoms with Crippen molar-refractivity contribution in [1.82, 2.24) is 19.6 Å². The van der Waals surface area contributed by atoms with Gasteiger partial charge in [0.05, 0.1) is 17.8 Å². The van der Waals surface area contributed by atoms with Crippen LogP contribution in [-0.2, 0) is 9.53 Å². The van der Waals surface area contributed by atoms with E-state index < -0.39 is 5.60 Å². The van der Waals surface area contributed by atoms with Crippen molar-refractivity contribution in [2.45, 2.75) is 58.0 Å². The fraction of sp³-hybridized carbons (Fsp3) is 0.357. The molecule has 0 aliphatic heterocycles. The van der Waals surface area contributed by atoms with E-state index >= 15 is 0 Å². The molecule has 1 saturated carbocycles. The van der Waals surface area contributed by atoms with Gasteiger partial charge in [-0.1, -0.05) is 36.4 Å². The second-order valence-corrected chi connectivity index (χ2v) is 10.3. The second kappa shape index (κ2) is 9.13. The number of pyridine rings is 1. The number of hydrogen-bond donors (Lipinski definition) is 1. The monoisotopic (exact) mass is 469 g/mol. The van der Waals surface area contributed by atoms with E-state index in [2.05, 4.69) is 10.1 Å². The van der Waals surface area contributed by atoms with E-state index in [0.717, 1.165) is 59.4 Å². The fourth-order valence-corrected chi connectivity index (χ4v) is 4.76. The Bertz CT molecular complexity index is 1330. The number of benzene rings is 1. The largest absolute Gasteiger partial charge is 0.460 e. The van der Waals surface area contributed by atoms with Crippen molar-refractivity contribution in [2.24, 2.45) is 5.92 Å². The molecule has 3 aromatic heterocycles. The number of esters is 1. The van der Waals surface area contributed by atoms with Crippen LogP contribution < -0.4 is 5.73 Å². The molecule has 1 aromatic carbocycles. The van der Waals surface area contributed by atoms with Crippen LogP contribution in [0.3, 0.4) is 0 Å². The van der Waals surface area contributed by atoms with E-state index in [1.807, 2.05) is 75.5 Å². The minimum Gasteiger partial charge on any atom is -0.460 e. The van der Waals surface area contributed by atoms with Crippen LogP contribution in [-0.4, -0.2) is 31.2 Å². The highest BCUT2D eigenvalue weighted by Gasteiger charge is 2.31. The summed E-state index contributed by atoms with van der Waals surface area (Å²) in [7, 11) is 0. The van der Waals surface area contributed by atoms with Crippen LogP contribution in [0.5, 0.6) is 0 Å². The molecule has 7 heteroatoms. The Labute approximate surface area is 205 Å². The zero-order chi connectivity index (χ0) is 24.6. The number of carbonyl (C=O) groups excluding carboxylic acids is 1. The lowest BCUT2D eigenvalue weighted by atomic mass is 9.80. The van der Waals surface area contributed by atoms with Crippen LogP contribution in [0.1, 0.15) is 58.1 Å². The molecule has 1 fully saturated rings. The summed E-state index contributed by atoms with van der Waals surface area (Å²) in [6, 6.07) is 16.1. The van der Waals surface area contributed by atoms with Gasteiger partial charge in [-0.3, -0.25) is 9.78 Å². The van der Waals surface area contributed by atoms with Crippen molar-refractivity contribution < 1.29 is 9.53 Å². The highest BCUT2D eigenvalue weighted by atomic mass is 16.6. The Kier molecular flexibility index (Phi) is 6.01. The molecule has 0 saturated heterocycles. The van der Waals surface area contributed by atoms with E-state index in [0.29, 0.717) is 5.82 Å². The first-order valence-electron chi connectivity index (χ1n) is 12.2. The quantitative estimate of drug-likeness (QED) is 0.388. The molecule has 0 radical (unpaired) electrons. The Morgan fingerprint density at radius 2 is 1.74 bits per heavy atom. The SMILES string of the molecule is CC(C)(C)OC(=O)[C@H]1CC[C@H](c2cc(N)n3ncc(-c4ccc(-c5ccccc5)nc4)c3n2)CC1. The van der Waals surface area contributed by atoms with Gasteiger partial charge in [-0.2, -0.15) is 9.61 Å². The first kappa shape index (κ1) is 23.0. The zero-order valence-corrected chi connectivity index (χ0v) is 20.4. The van der Waals surface area contributed by atoms with Crippen molar-refractivity contribution in [3.05, 3.63) is 66.6 Å². The van der Waals surface area contributed by atoms with Crippen molar-refractivity contribution >= 4 is 17.4 Å². The number of nitrogen functional groups attached to an aromatic ring is 1. The Hall–Kier alpha value is -3.74. The van der Waals surface area contributed by atoms with Crippen LogP contribution in [0.15, 0.2) is 60.9 Å². The zero-order valence-electron chi connectivity index (χ0n) is 20.4. The van der Waals surface area contributed by atoms with Crippen molar-refractivity contribution in [2.75, 3.05) is 5.73 Å². The maximum atomic E-state index is 12.5. The Morgan fingerprint density at radius 1 is 1.00 bits per heavy atom. The van der Waals surface area contributed by atoms with Crippen LogP contribution in [0, 0.1) is 5.92 Å². The number of hydrogen-bond acceptors (Lipinski definition) is 6. The van der Waals surface area contributed by atoms with Gasteiger partial charge >= 0.3 is 5.97 Å². The van der Waals surface area contributed by atoms with Gasteiger partial charge in [0.2, 0.25) is 0 Å². The lowest BCUT2D eigenvalue weighted by Gasteiger charge is -2.29. The van der Waals surface area contributed by atoms with Crippen molar-refractivity contribution in [1.29, 1.82) is 0 Å². The number of anilines is 1. The van der Waals surface area contributed by atoms with Gasteiger partial charge in [-0.15, -0.1) is 0 Å². The first-order chi connectivity index (χ1) is 16.8. The summed E-state index contributed by atoms with van der Waals surface area (Å²) in [4.78, 5) is 22.1. The average Bonchev–Trinajstić information content (AvgIpc) is 3.28. The highest BCUT2D eigenvalue weighted by Crippen LogP contribution is 2.37. The molecule has 1 aliphatic rings. The number of nitrogens with two attached hydrogens (primary N) is 1. The molecule has 0 spiro atoms. The molecule has 2 N–H and O–H groups in total. The second-order valence-electron chi connectivity index (χ2n) is 10.3. The van der Waals surface area contributed by atoms with Gasteiger partial charge in [0.15, 0.2) is 5.65 Å². The van der Waals surface area contributed by atoms with Crippen LogP contribution in [0.25, 0.3) is 28.0 Å². The molecule has 0 unspecified atom stereocenters. The van der Waals surface area contributed by atoms with Crippen LogP contribution in [0.4, 0.5) is 5.82 Å². The normalized spacial score (nSPS) is 18.5. The fourth-order valence-electron chi connectivity index (χ4n) is 4.76. The van der Waals surface area contributed by atoms with Crippen LogP contribution >= 0.6 is 0 Å². The molecule has 5 rings (SSSR count). The lowest BCUT2D eigenvalue weighted by molar-refractivity contribution is -0.161. The number of ether oxygens (including phenoxy) is 1. The molecule has 0 bridgehead atoms. The van der Waals surface area contributed by atoms with Gasteiger partial charge in [0, 0.05) is 40.6 Å². The molecular formula is C28H31N5O2. The molecule has 3 heterocycles. The number of nitrogens with zero attached hydrogens (tertiary/aromatic N) is 4. The van der Waals surface area contributed by atoms with Crippen molar-refractivity contribution in [3.8, 4) is 22.4 Å². The minimum absolute atomic E-state index is 0.0497. The Morgan fingerprint density at radius 3 is 2.40 bits per heavy atom. The third kappa shape index (κ3) is 4.90. The third-order valence-electron chi connectivity index (χ3n) is 6.55. The molecule has 4 aromatic rings. The van der Waals surface area contributed by atoms with E-state index in [1.165, 1.54) is 0 Å². The average molecular weight is 470 g/mol. The first-order valence-corrected chi connectivity index (χ1v) is 12.2. The van der Waals surface area contributed by atoms with E-state index in [-0.39, 0.29) is 17.8 Å². The molecule has 0 atom stereocenters. The predicted molar refractivity (Wildman–Crippen MR) is 137 cm³/mol. The number of rotatable bonds is 4. The summed E-state index contributed by atoms with van der Waals surface area (Å²) >= 11 is 0. The molecule has 0 amide bonds. The highest BCUT2D eigenvalue weighted by molar-refractivity contribution is 5.78. The molecule has 7 nitrogen and oxygen atoms in total. The van der Waals surface area contributed by atoms with Gasteiger partial charge in [0.25, 0.3) is 0 Å². The Balaban J connectivity index is 1.37. The van der Waals surface area contributed by atoms with Gasteiger partial charge < -0.3 is 10.5 Å². The third-order valence-corrected chi connectivity index (χ3v) is 6.55. The smallest absolute Gasteiger partial charge is 0.309 e. The molecule has 35 heavy (non-hydrogen) atoms. The standard InChI is InChI=1S/C28H31N5O2/c1-28(2,3)35-27(34)20-11-9-19(10-12-20)24-15-25(29)33-26(32-24)22(17-31-33)21-13-14-23(30-16-21)18-7-5-4-6-8-18/h4-8,13-17,19-20H,9-12,29H2,1-3H3/t19-,20-. The van der Waals surface area contributed by atoms with E-state index in [4.69, 9.17) is 15.5 Å². The lowest BCUT2D eigenvalue weighted by Crippen LogP contribution is -2.30. The summed E-state index contributed by atoms with van der Waals surface area (Å²) < 4.78 is 7.27. The summed E-state index contributed by atoms with van der Waals surface area (Å²) in [6.07, 6.45) is 7.00. The maximum absolute atomic E-state index is 12.5. The molecular weight excluding hydrogens is 438 g/mol. The summed E-state index contributed by atoms with van der Waals surface area (Å²) in [6.45, 7) is 5.73. The van der Waals surface area contributed by atoms with E-state index in [9.17, 15) is 4.79 Å². The molecule has 180 valence electrons. The topological polar surface area (TPSA) is 95.4 Å². The summed E-state index contributed by atoms with van der Waals surface area (Å²) in [5.41, 5.74) is 11.4. The van der Waals surface area contributed by atoms with Gasteiger partial charge in [-0.25, -0.2) is 4.98 Å². The summed E-state index contributed by atoms with van der Waals surface area (Å²) in [5, 5.41) is 4.47. The van der Waals surface area contributed by atoms with E-state index in [1.54, 1.807) is 10.7 Å². The van der Waals surface area contributed by atoms with Crippen molar-refractivity contribution in [3.63, 3.8) is 0 Å². The number of aromatic nitrogens is 4. The minimum atomic E-state index is -0.457. The number of carbonyl (C=O) groups is 1. The summed E-state index contributed by atoms with van der Waals surface area (Å²) in [5.74, 6) is 0.663. The predicted octanol–water partition coefficient (Wildman–Crippen LogP) is 5.66. The molecule has 1 aliphatic carbocycles. The van der Waals surface area contributed by atoms with Crippen LogP contribution in [0.2, 0.25) is 0 Å². The number of fused-ring (bicyclic) bond motifs is 1.